The lowest BCUT2D eigenvalue weighted by Gasteiger charge is -2.14. The number of nitrogens with one attached hydrogen (secondary N) is 1. The predicted octanol–water partition coefficient (Wildman–Crippen LogP) is 2.48. The van der Waals surface area contributed by atoms with Crippen molar-refractivity contribution in [2.75, 3.05) is 24.2 Å². The van der Waals surface area contributed by atoms with Crippen LogP contribution in [0.1, 0.15) is 39.9 Å². The summed E-state index contributed by atoms with van der Waals surface area (Å²) >= 11 is 0. The third-order valence-corrected chi connectivity index (χ3v) is 2.39. The van der Waals surface area contributed by atoms with Crippen LogP contribution in [0.25, 0.3) is 0 Å². The van der Waals surface area contributed by atoms with E-state index in [1.165, 1.54) is 0 Å². The molecule has 0 aromatic carbocycles. The van der Waals surface area contributed by atoms with E-state index < -0.39 is 0 Å². The predicted molar refractivity (Wildman–Crippen MR) is 74.9 cm³/mol. The monoisotopic (exact) mass is 252 g/mol. The van der Waals surface area contributed by atoms with Crippen LogP contribution in [0.2, 0.25) is 0 Å². The molecule has 0 aliphatic heterocycles. The van der Waals surface area contributed by atoms with E-state index in [0.717, 1.165) is 25.2 Å². The fourth-order valence-corrected chi connectivity index (χ4v) is 1.40. The summed E-state index contributed by atoms with van der Waals surface area (Å²) in [7, 11) is 0. The Balaban J connectivity index is 2.92. The molecular weight excluding hydrogens is 228 g/mol. The van der Waals surface area contributed by atoms with Gasteiger partial charge in [-0.15, -0.1) is 0 Å². The van der Waals surface area contributed by atoms with Crippen molar-refractivity contribution >= 4 is 11.5 Å². The Bertz CT molecular complexity index is 379. The lowest BCUT2D eigenvalue weighted by molar-refractivity contribution is 0.305. The van der Waals surface area contributed by atoms with E-state index in [1.54, 1.807) is 0 Å². The van der Waals surface area contributed by atoms with Crippen LogP contribution in [0.4, 0.5) is 11.5 Å². The molecule has 1 heterocycles. The smallest absolute Gasteiger partial charge is 0.242 e. The Kier molecular flexibility index (Phi) is 5.68. The zero-order valence-electron chi connectivity index (χ0n) is 11.8. The van der Waals surface area contributed by atoms with E-state index in [-0.39, 0.29) is 0 Å². The van der Waals surface area contributed by atoms with Crippen molar-refractivity contribution in [2.45, 2.75) is 40.5 Å². The topological polar surface area (TPSA) is 73.1 Å². The molecule has 0 saturated heterocycles. The van der Waals surface area contributed by atoms with Gasteiger partial charge in [-0.2, -0.15) is 4.98 Å². The van der Waals surface area contributed by atoms with Gasteiger partial charge in [-0.1, -0.05) is 27.7 Å². The maximum Gasteiger partial charge on any atom is 0.242 e. The highest BCUT2D eigenvalue weighted by molar-refractivity contribution is 5.66. The molecule has 0 amide bonds. The van der Waals surface area contributed by atoms with Crippen molar-refractivity contribution < 1.29 is 4.74 Å². The third-order valence-electron chi connectivity index (χ3n) is 2.39. The number of ether oxygens (including phenoxy) is 1. The fourth-order valence-electron chi connectivity index (χ4n) is 1.40. The van der Waals surface area contributed by atoms with Crippen LogP contribution >= 0.6 is 0 Å². The Hall–Kier alpha value is -1.52. The number of rotatable bonds is 7. The Labute approximate surface area is 109 Å². The summed E-state index contributed by atoms with van der Waals surface area (Å²) < 4.78 is 5.56. The van der Waals surface area contributed by atoms with Gasteiger partial charge in [0.2, 0.25) is 5.88 Å². The molecule has 0 atom stereocenters. The molecule has 1 rings (SSSR count). The van der Waals surface area contributed by atoms with Crippen LogP contribution in [0.15, 0.2) is 0 Å². The molecule has 3 N–H and O–H groups in total. The van der Waals surface area contributed by atoms with Crippen LogP contribution in [0.5, 0.6) is 5.88 Å². The standard InChI is InChI=1S/C13H24N4O/c1-5-7-18-13-11(14)12(15-8-9(3)4)16-10(6-2)17-13/h9H,5-8,14H2,1-4H3,(H,15,16,17). The highest BCUT2D eigenvalue weighted by atomic mass is 16.5. The quantitative estimate of drug-likeness (QED) is 0.780. The second kappa shape index (κ2) is 7.03. The van der Waals surface area contributed by atoms with Crippen LogP contribution < -0.4 is 15.8 Å². The maximum absolute atomic E-state index is 6.02. The zero-order valence-corrected chi connectivity index (χ0v) is 11.8. The minimum atomic E-state index is 0.495. The second-order valence-corrected chi connectivity index (χ2v) is 4.68. The SMILES string of the molecule is CCCOc1nc(CC)nc(NCC(C)C)c1N. The first-order chi connectivity index (χ1) is 8.58. The molecule has 5 heteroatoms. The highest BCUT2D eigenvalue weighted by Crippen LogP contribution is 2.26. The van der Waals surface area contributed by atoms with Crippen LogP contribution in [0.3, 0.4) is 0 Å². The maximum atomic E-state index is 6.02. The van der Waals surface area contributed by atoms with E-state index in [4.69, 9.17) is 10.5 Å². The van der Waals surface area contributed by atoms with E-state index in [0.29, 0.717) is 29.9 Å². The number of aromatic nitrogens is 2. The summed E-state index contributed by atoms with van der Waals surface area (Å²) in [5.74, 6) is 2.46. The minimum Gasteiger partial charge on any atom is -0.476 e. The highest BCUT2D eigenvalue weighted by Gasteiger charge is 2.12. The Morgan fingerprint density at radius 3 is 2.56 bits per heavy atom. The fraction of sp³-hybridized carbons (Fsp3) is 0.692. The molecule has 0 bridgehead atoms. The molecule has 102 valence electrons. The summed E-state index contributed by atoms with van der Waals surface area (Å²) in [6.45, 7) is 9.79. The Morgan fingerprint density at radius 2 is 2.00 bits per heavy atom. The van der Waals surface area contributed by atoms with Gasteiger partial charge in [0.1, 0.15) is 11.5 Å². The molecule has 0 saturated carbocycles. The lowest BCUT2D eigenvalue weighted by Crippen LogP contribution is -2.14. The van der Waals surface area contributed by atoms with Crippen molar-refractivity contribution in [2.24, 2.45) is 5.92 Å². The average Bonchev–Trinajstić information content (AvgIpc) is 2.35. The van der Waals surface area contributed by atoms with E-state index in [2.05, 4.69) is 36.1 Å². The number of hydrogen-bond acceptors (Lipinski definition) is 5. The van der Waals surface area contributed by atoms with Crippen molar-refractivity contribution in [1.82, 2.24) is 9.97 Å². The van der Waals surface area contributed by atoms with E-state index in [1.807, 2.05) is 6.92 Å². The lowest BCUT2D eigenvalue weighted by atomic mass is 10.2. The molecular formula is C13H24N4O. The molecule has 5 nitrogen and oxygen atoms in total. The van der Waals surface area contributed by atoms with Crippen molar-refractivity contribution in [3.05, 3.63) is 5.82 Å². The number of nitrogens with zero attached hydrogens (tertiary/aromatic N) is 2. The molecule has 0 aliphatic carbocycles. The summed E-state index contributed by atoms with van der Waals surface area (Å²) in [6.07, 6.45) is 1.69. The molecule has 18 heavy (non-hydrogen) atoms. The number of aryl methyl sites for hydroxylation is 1. The van der Waals surface area contributed by atoms with Gasteiger partial charge in [0.05, 0.1) is 6.61 Å². The molecule has 0 aliphatic rings. The van der Waals surface area contributed by atoms with Gasteiger partial charge in [0.25, 0.3) is 0 Å². The molecule has 0 spiro atoms. The van der Waals surface area contributed by atoms with Crippen molar-refractivity contribution in [1.29, 1.82) is 0 Å². The van der Waals surface area contributed by atoms with Gasteiger partial charge in [0, 0.05) is 13.0 Å². The first-order valence-corrected chi connectivity index (χ1v) is 6.61. The first-order valence-electron chi connectivity index (χ1n) is 6.61. The van der Waals surface area contributed by atoms with Gasteiger partial charge >= 0.3 is 0 Å². The first kappa shape index (κ1) is 14.5. The molecule has 0 radical (unpaired) electrons. The molecule has 0 fully saturated rings. The van der Waals surface area contributed by atoms with Crippen LogP contribution in [0, 0.1) is 5.92 Å². The summed E-state index contributed by atoms with van der Waals surface area (Å²) in [4.78, 5) is 8.72. The van der Waals surface area contributed by atoms with Gasteiger partial charge in [-0.25, -0.2) is 4.98 Å². The molecule has 1 aromatic heterocycles. The number of nitrogen functional groups attached to an aromatic ring is 1. The second-order valence-electron chi connectivity index (χ2n) is 4.68. The summed E-state index contributed by atoms with van der Waals surface area (Å²) in [5, 5.41) is 3.25. The zero-order chi connectivity index (χ0) is 13.5. The number of nitrogens with two attached hydrogens (primary N) is 1. The normalized spacial score (nSPS) is 10.7. The summed E-state index contributed by atoms with van der Waals surface area (Å²) in [6, 6.07) is 0. The Morgan fingerprint density at radius 1 is 1.28 bits per heavy atom. The van der Waals surface area contributed by atoms with Gasteiger partial charge in [-0.3, -0.25) is 0 Å². The average molecular weight is 252 g/mol. The van der Waals surface area contributed by atoms with E-state index in [9.17, 15) is 0 Å². The third kappa shape index (κ3) is 4.05. The van der Waals surface area contributed by atoms with Crippen molar-refractivity contribution in [3.8, 4) is 5.88 Å². The number of anilines is 2. The molecule has 0 unspecified atom stereocenters. The van der Waals surface area contributed by atoms with Gasteiger partial charge < -0.3 is 15.8 Å². The summed E-state index contributed by atoms with van der Waals surface area (Å²) in [5.41, 5.74) is 6.52. The van der Waals surface area contributed by atoms with Crippen molar-refractivity contribution in [3.63, 3.8) is 0 Å². The van der Waals surface area contributed by atoms with Gasteiger partial charge in [-0.05, 0) is 12.3 Å². The minimum absolute atomic E-state index is 0.495. The molecule has 1 aromatic rings. The van der Waals surface area contributed by atoms with Crippen LogP contribution in [-0.4, -0.2) is 23.1 Å². The largest absolute Gasteiger partial charge is 0.476 e. The van der Waals surface area contributed by atoms with E-state index >= 15 is 0 Å². The van der Waals surface area contributed by atoms with Crippen LogP contribution in [-0.2, 0) is 6.42 Å². The van der Waals surface area contributed by atoms with Gasteiger partial charge in [0.15, 0.2) is 5.82 Å². The number of hydrogen-bond donors (Lipinski definition) is 2.